The van der Waals surface area contributed by atoms with Crippen LogP contribution in [0.3, 0.4) is 0 Å². The lowest BCUT2D eigenvalue weighted by molar-refractivity contribution is -0.127. The molecule has 2 amide bonds. The number of nitrogens with one attached hydrogen (secondary N) is 1. The van der Waals surface area contributed by atoms with Crippen LogP contribution < -0.4 is 10.2 Å². The van der Waals surface area contributed by atoms with Gasteiger partial charge in [0.2, 0.25) is 5.91 Å². The van der Waals surface area contributed by atoms with E-state index in [1.807, 2.05) is 41.1 Å². The maximum atomic E-state index is 13.8. The summed E-state index contributed by atoms with van der Waals surface area (Å²) in [6, 6.07) is 12.3. The molecule has 3 aromatic rings. The third kappa shape index (κ3) is 3.45. The van der Waals surface area contributed by atoms with Crippen LogP contribution in [0.1, 0.15) is 62.5 Å². The molecule has 168 valence electrons. The monoisotopic (exact) mass is 449 g/mol. The Labute approximate surface area is 193 Å². The van der Waals surface area contributed by atoms with E-state index < -0.39 is 5.54 Å². The molecule has 0 bridgehead atoms. The van der Waals surface area contributed by atoms with E-state index in [-0.39, 0.29) is 17.9 Å². The third-order valence-corrected chi connectivity index (χ3v) is 8.20. The minimum Gasteiger partial charge on any atom is -0.351 e. The smallest absolute Gasteiger partial charge is 0.275 e. The molecule has 1 saturated carbocycles. The number of carbonyl (C=O) groups excluding carboxylic acids is 2. The molecule has 1 atom stereocenters. The Hall–Kier alpha value is -2.60. The molecule has 0 saturated heterocycles. The minimum atomic E-state index is -1.01. The van der Waals surface area contributed by atoms with Gasteiger partial charge in [-0.2, -0.15) is 0 Å². The van der Waals surface area contributed by atoms with Crippen molar-refractivity contribution in [2.24, 2.45) is 5.92 Å². The van der Waals surface area contributed by atoms with Crippen LogP contribution in [-0.4, -0.2) is 28.0 Å². The number of nitrogens with zero attached hydrogens (tertiary/aromatic N) is 2. The Morgan fingerprint density at radius 3 is 2.56 bits per heavy atom. The highest BCUT2D eigenvalue weighted by molar-refractivity contribution is 7.17. The number of hydrogen-bond donors (Lipinski definition) is 1. The fourth-order valence-electron chi connectivity index (χ4n) is 5.24. The summed E-state index contributed by atoms with van der Waals surface area (Å²) in [4.78, 5) is 29.4. The van der Waals surface area contributed by atoms with Crippen molar-refractivity contribution in [1.82, 2.24) is 9.88 Å². The lowest BCUT2D eigenvalue weighted by atomic mass is 9.86. The van der Waals surface area contributed by atoms with E-state index in [4.69, 9.17) is 0 Å². The van der Waals surface area contributed by atoms with E-state index in [0.717, 1.165) is 53.9 Å². The van der Waals surface area contributed by atoms with Crippen LogP contribution >= 0.6 is 11.3 Å². The SMILES string of the molecule is CCc1ccc(N2C(=O)c3cc4sccc4n3C[C@]2(C)C(=O)NC2CCC(C)CC2)cc1. The van der Waals surface area contributed by atoms with Crippen molar-refractivity contribution >= 4 is 39.1 Å². The summed E-state index contributed by atoms with van der Waals surface area (Å²) < 4.78 is 3.12. The molecule has 32 heavy (non-hydrogen) atoms. The first kappa shape index (κ1) is 21.3. The average Bonchev–Trinajstić information content (AvgIpc) is 3.38. The van der Waals surface area contributed by atoms with Gasteiger partial charge in [-0.15, -0.1) is 11.3 Å². The third-order valence-electron chi connectivity index (χ3n) is 7.35. The summed E-state index contributed by atoms with van der Waals surface area (Å²) >= 11 is 1.63. The molecule has 1 aliphatic carbocycles. The predicted molar refractivity (Wildman–Crippen MR) is 130 cm³/mol. The van der Waals surface area contributed by atoms with Crippen LogP contribution in [-0.2, 0) is 17.8 Å². The van der Waals surface area contributed by atoms with Crippen LogP contribution in [0.25, 0.3) is 10.2 Å². The summed E-state index contributed by atoms with van der Waals surface area (Å²) in [5.41, 5.74) is 2.67. The number of hydrogen-bond acceptors (Lipinski definition) is 3. The van der Waals surface area contributed by atoms with Crippen molar-refractivity contribution in [1.29, 1.82) is 0 Å². The Bertz CT molecular complexity index is 1150. The van der Waals surface area contributed by atoms with Crippen LogP contribution in [0.2, 0.25) is 0 Å². The maximum absolute atomic E-state index is 13.8. The van der Waals surface area contributed by atoms with Gasteiger partial charge < -0.3 is 9.88 Å². The Morgan fingerprint density at radius 1 is 1.16 bits per heavy atom. The Morgan fingerprint density at radius 2 is 1.88 bits per heavy atom. The molecular formula is C26H31N3O2S. The molecule has 1 fully saturated rings. The predicted octanol–water partition coefficient (Wildman–Crippen LogP) is 5.38. The highest BCUT2D eigenvalue weighted by Gasteiger charge is 2.49. The van der Waals surface area contributed by atoms with Crippen molar-refractivity contribution in [3.8, 4) is 0 Å². The number of benzene rings is 1. The molecule has 1 aromatic carbocycles. The van der Waals surface area contributed by atoms with Gasteiger partial charge in [-0.05, 0) is 80.2 Å². The van der Waals surface area contributed by atoms with Crippen molar-refractivity contribution in [2.45, 2.75) is 71.0 Å². The van der Waals surface area contributed by atoms with Gasteiger partial charge in [0, 0.05) is 11.7 Å². The standard InChI is InChI=1S/C26H31N3O2S/c1-4-18-7-11-20(12-8-18)29-24(30)22-15-23-21(13-14-32-23)28(22)16-26(29,3)25(31)27-19-9-5-17(2)6-10-19/h7-8,11-15,17,19H,4-6,9-10,16H2,1-3H3,(H,27,31)/t17?,19?,26-/m1/s1. The zero-order chi connectivity index (χ0) is 22.5. The Kier molecular flexibility index (Phi) is 5.36. The maximum Gasteiger partial charge on any atom is 0.275 e. The van der Waals surface area contributed by atoms with Gasteiger partial charge in [-0.3, -0.25) is 14.5 Å². The number of fused-ring (bicyclic) bond motifs is 3. The van der Waals surface area contributed by atoms with Crippen LogP contribution in [0.15, 0.2) is 41.8 Å². The minimum absolute atomic E-state index is 0.0623. The number of aryl methyl sites for hydroxylation is 1. The van der Waals surface area contributed by atoms with Gasteiger partial charge in [0.05, 0.1) is 16.8 Å². The zero-order valence-electron chi connectivity index (χ0n) is 19.1. The van der Waals surface area contributed by atoms with E-state index >= 15 is 0 Å². The average molecular weight is 450 g/mol. The van der Waals surface area contributed by atoms with Gasteiger partial charge in [-0.1, -0.05) is 26.0 Å². The Balaban J connectivity index is 1.55. The number of anilines is 1. The highest BCUT2D eigenvalue weighted by atomic mass is 32.1. The summed E-state index contributed by atoms with van der Waals surface area (Å²) in [5.74, 6) is 0.546. The van der Waals surface area contributed by atoms with Crippen molar-refractivity contribution in [3.63, 3.8) is 0 Å². The van der Waals surface area contributed by atoms with Crippen molar-refractivity contribution in [2.75, 3.05) is 4.90 Å². The fourth-order valence-corrected chi connectivity index (χ4v) is 6.07. The normalized spacial score (nSPS) is 25.7. The topological polar surface area (TPSA) is 54.3 Å². The molecule has 6 heteroatoms. The van der Waals surface area contributed by atoms with Gasteiger partial charge >= 0.3 is 0 Å². The fraction of sp³-hybridized carbons (Fsp3) is 0.462. The second-order valence-corrected chi connectivity index (χ2v) is 10.6. The second-order valence-electron chi connectivity index (χ2n) is 9.65. The van der Waals surface area contributed by atoms with Gasteiger partial charge in [0.25, 0.3) is 5.91 Å². The first-order chi connectivity index (χ1) is 15.4. The first-order valence-electron chi connectivity index (χ1n) is 11.7. The van der Waals surface area contributed by atoms with E-state index in [0.29, 0.717) is 12.2 Å². The largest absolute Gasteiger partial charge is 0.351 e. The summed E-state index contributed by atoms with van der Waals surface area (Å²) in [7, 11) is 0. The summed E-state index contributed by atoms with van der Waals surface area (Å²) in [6.07, 6.45) is 5.22. The zero-order valence-corrected chi connectivity index (χ0v) is 19.9. The van der Waals surface area contributed by atoms with E-state index in [1.54, 1.807) is 16.2 Å². The van der Waals surface area contributed by atoms with E-state index in [9.17, 15) is 9.59 Å². The van der Waals surface area contributed by atoms with Gasteiger partial charge in [0.1, 0.15) is 11.2 Å². The molecule has 1 aliphatic heterocycles. The number of amides is 2. The molecule has 0 unspecified atom stereocenters. The molecule has 2 aliphatic rings. The van der Waals surface area contributed by atoms with Crippen molar-refractivity contribution < 1.29 is 9.59 Å². The molecule has 5 rings (SSSR count). The summed E-state index contributed by atoms with van der Waals surface area (Å²) in [5, 5.41) is 5.35. The van der Waals surface area contributed by atoms with Crippen LogP contribution in [0.5, 0.6) is 0 Å². The molecule has 0 radical (unpaired) electrons. The molecule has 0 spiro atoms. The molecule has 2 aromatic heterocycles. The summed E-state index contributed by atoms with van der Waals surface area (Å²) in [6.45, 7) is 6.75. The molecular weight excluding hydrogens is 418 g/mol. The van der Waals surface area contributed by atoms with Crippen LogP contribution in [0, 0.1) is 5.92 Å². The molecule has 5 nitrogen and oxygen atoms in total. The highest BCUT2D eigenvalue weighted by Crippen LogP contribution is 2.37. The lowest BCUT2D eigenvalue weighted by Crippen LogP contribution is -2.65. The molecule has 3 heterocycles. The van der Waals surface area contributed by atoms with E-state index in [2.05, 4.69) is 31.3 Å². The number of thiophene rings is 1. The number of carbonyl (C=O) groups is 2. The lowest BCUT2D eigenvalue weighted by Gasteiger charge is -2.45. The van der Waals surface area contributed by atoms with Gasteiger partial charge in [-0.25, -0.2) is 0 Å². The van der Waals surface area contributed by atoms with E-state index in [1.165, 1.54) is 5.56 Å². The van der Waals surface area contributed by atoms with Crippen molar-refractivity contribution in [3.05, 3.63) is 53.0 Å². The number of rotatable bonds is 4. The van der Waals surface area contributed by atoms with Gasteiger partial charge in [0.15, 0.2) is 0 Å². The van der Waals surface area contributed by atoms with Crippen LogP contribution in [0.4, 0.5) is 5.69 Å². The second kappa shape index (κ2) is 8.07. The first-order valence-corrected chi connectivity index (χ1v) is 12.6. The molecule has 1 N–H and O–H groups in total. The quantitative estimate of drug-likeness (QED) is 0.581. The number of aromatic nitrogens is 1.